The number of carbonyl (C=O) groups is 2. The summed E-state index contributed by atoms with van der Waals surface area (Å²) in [6.45, 7) is 11.9. The zero-order valence-electron chi connectivity index (χ0n) is 17.3. The first-order valence-corrected chi connectivity index (χ1v) is 10.2. The van der Waals surface area contributed by atoms with Gasteiger partial charge < -0.3 is 19.1 Å². The van der Waals surface area contributed by atoms with Gasteiger partial charge in [0, 0.05) is 51.8 Å². The number of carbonyl (C=O) groups excluding carboxylic acids is 2. The van der Waals surface area contributed by atoms with Crippen LogP contribution in [0.25, 0.3) is 0 Å². The summed E-state index contributed by atoms with van der Waals surface area (Å²) in [5, 5.41) is 3.92. The average Bonchev–Trinajstić information content (AvgIpc) is 3.28. The van der Waals surface area contributed by atoms with Crippen molar-refractivity contribution in [1.82, 2.24) is 19.9 Å². The number of nitrogens with zero attached hydrogens (tertiary/aromatic N) is 4. The van der Waals surface area contributed by atoms with Crippen LogP contribution in [0.1, 0.15) is 36.8 Å². The third-order valence-corrected chi connectivity index (χ3v) is 5.85. The number of amides is 2. The Kier molecular flexibility index (Phi) is 7.07. The molecule has 0 radical (unpaired) electrons. The van der Waals surface area contributed by atoms with Crippen molar-refractivity contribution < 1.29 is 18.8 Å². The molecule has 3 heterocycles. The van der Waals surface area contributed by atoms with Crippen LogP contribution >= 0.6 is 0 Å². The first-order chi connectivity index (χ1) is 13.5. The maximum Gasteiger partial charge on any atom is 0.227 e. The van der Waals surface area contributed by atoms with E-state index in [0.717, 1.165) is 63.5 Å². The molecule has 2 aliphatic heterocycles. The summed E-state index contributed by atoms with van der Waals surface area (Å²) in [5.74, 6) is 0.871. The summed E-state index contributed by atoms with van der Waals surface area (Å²) >= 11 is 0. The molecule has 0 saturated carbocycles. The van der Waals surface area contributed by atoms with Gasteiger partial charge in [-0.2, -0.15) is 0 Å². The second kappa shape index (κ2) is 9.52. The molecule has 2 aliphatic rings. The van der Waals surface area contributed by atoms with Crippen LogP contribution in [0.2, 0.25) is 0 Å². The van der Waals surface area contributed by atoms with Crippen molar-refractivity contribution in [2.24, 2.45) is 0 Å². The summed E-state index contributed by atoms with van der Waals surface area (Å²) in [6.07, 6.45) is 2.10. The van der Waals surface area contributed by atoms with Gasteiger partial charge in [-0.15, -0.1) is 0 Å². The van der Waals surface area contributed by atoms with Gasteiger partial charge in [0.1, 0.15) is 5.76 Å². The van der Waals surface area contributed by atoms with Crippen molar-refractivity contribution >= 4 is 11.8 Å². The zero-order valence-corrected chi connectivity index (χ0v) is 17.3. The van der Waals surface area contributed by atoms with E-state index in [1.54, 1.807) is 6.92 Å². The Balaban J connectivity index is 1.49. The van der Waals surface area contributed by atoms with Gasteiger partial charge in [0.15, 0.2) is 0 Å². The molecule has 2 saturated heterocycles. The van der Waals surface area contributed by atoms with E-state index in [1.807, 2.05) is 23.6 Å². The summed E-state index contributed by atoms with van der Waals surface area (Å²) in [7, 11) is 0. The monoisotopic (exact) mass is 392 g/mol. The van der Waals surface area contributed by atoms with Crippen LogP contribution in [0, 0.1) is 13.8 Å². The molecule has 8 heteroatoms. The Bertz CT molecular complexity index is 664. The van der Waals surface area contributed by atoms with Crippen molar-refractivity contribution in [2.45, 2.75) is 46.1 Å². The smallest absolute Gasteiger partial charge is 0.227 e. The Morgan fingerprint density at radius 3 is 2.61 bits per heavy atom. The highest BCUT2D eigenvalue weighted by atomic mass is 16.5. The van der Waals surface area contributed by atoms with E-state index in [2.05, 4.69) is 10.1 Å². The molecule has 0 aliphatic carbocycles. The van der Waals surface area contributed by atoms with Crippen LogP contribution in [-0.4, -0.2) is 90.2 Å². The fourth-order valence-electron chi connectivity index (χ4n) is 4.13. The quantitative estimate of drug-likeness (QED) is 0.689. The van der Waals surface area contributed by atoms with E-state index in [-0.39, 0.29) is 17.9 Å². The number of rotatable bonds is 7. The van der Waals surface area contributed by atoms with Crippen LogP contribution in [0.3, 0.4) is 0 Å². The van der Waals surface area contributed by atoms with E-state index < -0.39 is 0 Å². The molecule has 2 fully saturated rings. The van der Waals surface area contributed by atoms with Crippen LogP contribution < -0.4 is 0 Å². The molecule has 1 aromatic heterocycles. The van der Waals surface area contributed by atoms with Gasteiger partial charge in [0.25, 0.3) is 0 Å². The first kappa shape index (κ1) is 20.8. The Morgan fingerprint density at radius 2 is 1.96 bits per heavy atom. The number of aromatic nitrogens is 1. The fraction of sp³-hybridized carbons (Fsp3) is 0.750. The molecule has 0 spiro atoms. The summed E-state index contributed by atoms with van der Waals surface area (Å²) in [4.78, 5) is 31.1. The van der Waals surface area contributed by atoms with E-state index in [4.69, 9.17) is 9.26 Å². The summed E-state index contributed by atoms with van der Waals surface area (Å²) in [5.41, 5.74) is 1.65. The fourth-order valence-corrected chi connectivity index (χ4v) is 4.13. The number of morpholine rings is 1. The lowest BCUT2D eigenvalue weighted by Crippen LogP contribution is -2.44. The van der Waals surface area contributed by atoms with Crippen LogP contribution in [0.4, 0.5) is 0 Å². The molecule has 28 heavy (non-hydrogen) atoms. The van der Waals surface area contributed by atoms with Gasteiger partial charge in [0.05, 0.1) is 31.4 Å². The highest BCUT2D eigenvalue weighted by Gasteiger charge is 2.32. The van der Waals surface area contributed by atoms with Gasteiger partial charge in [0.2, 0.25) is 11.8 Å². The van der Waals surface area contributed by atoms with E-state index in [1.165, 1.54) is 0 Å². The number of aryl methyl sites for hydroxylation is 2. The van der Waals surface area contributed by atoms with Gasteiger partial charge in [-0.25, -0.2) is 0 Å². The van der Waals surface area contributed by atoms with Gasteiger partial charge in [-0.05, 0) is 26.7 Å². The highest BCUT2D eigenvalue weighted by Crippen LogP contribution is 2.20. The van der Waals surface area contributed by atoms with Gasteiger partial charge in [-0.3, -0.25) is 14.5 Å². The minimum absolute atomic E-state index is 0.0775. The van der Waals surface area contributed by atoms with Crippen molar-refractivity contribution in [3.05, 3.63) is 17.0 Å². The molecular weight excluding hydrogens is 360 g/mol. The summed E-state index contributed by atoms with van der Waals surface area (Å²) in [6, 6.07) is 0.107. The predicted octanol–water partition coefficient (Wildman–Crippen LogP) is 1.01. The minimum Gasteiger partial charge on any atom is -0.379 e. The highest BCUT2D eigenvalue weighted by molar-refractivity contribution is 5.80. The number of hydrogen-bond donors (Lipinski definition) is 0. The standard InChI is InChI=1S/C20H32N4O4/c1-15-19(16(2)28-21-15)13-20(26)23-8-5-18(14-23)24(17(3)25)7-4-6-22-9-11-27-12-10-22/h18H,4-14H2,1-3H3. The maximum atomic E-state index is 12.7. The topological polar surface area (TPSA) is 79.1 Å². The minimum atomic E-state index is 0.0775. The summed E-state index contributed by atoms with van der Waals surface area (Å²) < 4.78 is 10.5. The molecule has 2 amide bonds. The van der Waals surface area contributed by atoms with E-state index >= 15 is 0 Å². The second-order valence-electron chi connectivity index (χ2n) is 7.78. The van der Waals surface area contributed by atoms with Crippen LogP contribution in [-0.2, 0) is 20.7 Å². The Labute approximate surface area is 166 Å². The molecule has 0 aromatic carbocycles. The third kappa shape index (κ3) is 5.11. The Hall–Kier alpha value is -1.93. The molecule has 156 valence electrons. The van der Waals surface area contributed by atoms with Gasteiger partial charge >= 0.3 is 0 Å². The maximum absolute atomic E-state index is 12.7. The lowest BCUT2D eigenvalue weighted by atomic mass is 10.1. The van der Waals surface area contributed by atoms with Crippen LogP contribution in [0.15, 0.2) is 4.52 Å². The Morgan fingerprint density at radius 1 is 1.21 bits per heavy atom. The number of hydrogen-bond acceptors (Lipinski definition) is 6. The second-order valence-corrected chi connectivity index (χ2v) is 7.78. The number of ether oxygens (including phenoxy) is 1. The van der Waals surface area contributed by atoms with Crippen molar-refractivity contribution in [2.75, 3.05) is 52.5 Å². The van der Waals surface area contributed by atoms with Crippen molar-refractivity contribution in [1.29, 1.82) is 0 Å². The molecule has 1 unspecified atom stereocenters. The lowest BCUT2D eigenvalue weighted by Gasteiger charge is -2.30. The molecule has 8 nitrogen and oxygen atoms in total. The molecule has 0 N–H and O–H groups in total. The van der Waals surface area contributed by atoms with E-state index in [9.17, 15) is 9.59 Å². The van der Waals surface area contributed by atoms with Crippen molar-refractivity contribution in [3.8, 4) is 0 Å². The molecular formula is C20H32N4O4. The molecule has 1 atom stereocenters. The first-order valence-electron chi connectivity index (χ1n) is 10.2. The molecule has 3 rings (SSSR count). The van der Waals surface area contributed by atoms with Gasteiger partial charge in [-0.1, -0.05) is 5.16 Å². The third-order valence-electron chi connectivity index (χ3n) is 5.85. The van der Waals surface area contributed by atoms with Crippen LogP contribution in [0.5, 0.6) is 0 Å². The molecule has 1 aromatic rings. The van der Waals surface area contributed by atoms with E-state index in [0.29, 0.717) is 25.3 Å². The zero-order chi connectivity index (χ0) is 20.1. The SMILES string of the molecule is CC(=O)N(CCCN1CCOCC1)C1CCN(C(=O)Cc2c(C)noc2C)C1. The average molecular weight is 393 g/mol. The largest absolute Gasteiger partial charge is 0.379 e. The normalized spacial score (nSPS) is 20.5. The lowest BCUT2D eigenvalue weighted by molar-refractivity contribution is -0.133. The van der Waals surface area contributed by atoms with Crippen molar-refractivity contribution in [3.63, 3.8) is 0 Å². The number of likely N-dealkylation sites (tertiary alicyclic amines) is 1. The molecule has 0 bridgehead atoms. The predicted molar refractivity (Wildman–Crippen MR) is 104 cm³/mol.